The van der Waals surface area contributed by atoms with Gasteiger partial charge < -0.3 is 4.74 Å². The van der Waals surface area contributed by atoms with Crippen LogP contribution in [0.3, 0.4) is 0 Å². The maximum atomic E-state index is 7.42. The molecule has 1 unspecified atom stereocenters. The van der Waals surface area contributed by atoms with Crippen molar-refractivity contribution in [3.63, 3.8) is 0 Å². The van der Waals surface area contributed by atoms with Crippen molar-refractivity contribution in [2.24, 2.45) is 0 Å². The molecule has 1 saturated heterocycles. The first-order valence-corrected chi connectivity index (χ1v) is 4.89. The number of halogens is 1. The van der Waals surface area contributed by atoms with Crippen LogP contribution in [-0.2, 0) is 4.74 Å². The molecular formula is C8H11BrN2O. The molecule has 1 fully saturated rings. The molecule has 2 rings (SSSR count). The van der Waals surface area contributed by atoms with Crippen molar-refractivity contribution < 1.29 is 6.11 Å². The molecule has 1 aromatic rings. The Bertz CT molecular complexity index is 277. The van der Waals surface area contributed by atoms with E-state index in [2.05, 4.69) is 21.0 Å². The fourth-order valence-electron chi connectivity index (χ4n) is 1.36. The minimum absolute atomic E-state index is 0.0316. The lowest BCUT2D eigenvalue weighted by Crippen LogP contribution is -2.18. The van der Waals surface area contributed by atoms with Crippen LogP contribution >= 0.6 is 15.9 Å². The van der Waals surface area contributed by atoms with Gasteiger partial charge in [0.15, 0.2) is 0 Å². The Morgan fingerprint density at radius 3 is 3.25 bits per heavy atom. The molecule has 0 saturated carbocycles. The lowest BCUT2D eigenvalue weighted by atomic mass is 10.2. The molecule has 2 heterocycles. The number of hydrogen-bond acceptors (Lipinski definition) is 2. The summed E-state index contributed by atoms with van der Waals surface area (Å²) >= 11 is 3.26. The summed E-state index contributed by atoms with van der Waals surface area (Å²) < 4.78 is 15.4. The maximum absolute atomic E-state index is 7.42. The van der Waals surface area contributed by atoms with Crippen molar-refractivity contribution >= 4 is 15.9 Å². The maximum Gasteiger partial charge on any atom is 0.150 e. The molecule has 1 aliphatic rings. The van der Waals surface area contributed by atoms with Gasteiger partial charge in [-0.2, -0.15) is 5.10 Å². The number of nitrogens with zero attached hydrogens (tertiary/aromatic N) is 2. The molecular weight excluding hydrogens is 220 g/mol. The molecule has 0 amide bonds. The summed E-state index contributed by atoms with van der Waals surface area (Å²) in [4.78, 5) is 0. The number of hydrogen-bond donors (Lipinski definition) is 0. The van der Waals surface area contributed by atoms with E-state index in [1.807, 2.05) is 0 Å². The van der Waals surface area contributed by atoms with Crippen LogP contribution in [0, 0.1) is 0 Å². The molecule has 0 spiro atoms. The van der Waals surface area contributed by atoms with Crippen LogP contribution < -0.4 is 0 Å². The minimum Gasteiger partial charge on any atom is -0.357 e. The van der Waals surface area contributed by atoms with Crippen LogP contribution in [0.1, 0.15) is 26.9 Å². The van der Waals surface area contributed by atoms with Crippen molar-refractivity contribution in [3.8, 4) is 0 Å². The van der Waals surface area contributed by atoms with E-state index in [0.717, 1.165) is 23.9 Å². The molecule has 0 bridgehead atoms. The molecule has 1 atom stereocenters. The molecule has 1 aliphatic heterocycles. The number of ether oxygens (including phenoxy) is 1. The van der Waals surface area contributed by atoms with Gasteiger partial charge in [0.1, 0.15) is 6.23 Å². The Labute approximate surface area is 81.2 Å². The highest BCUT2D eigenvalue weighted by Crippen LogP contribution is 2.22. The zero-order chi connectivity index (χ0) is 9.26. The molecule has 0 radical (unpaired) electrons. The van der Waals surface area contributed by atoms with Crippen molar-refractivity contribution in [2.75, 3.05) is 6.61 Å². The van der Waals surface area contributed by atoms with E-state index in [4.69, 9.17) is 6.11 Å². The van der Waals surface area contributed by atoms with Crippen molar-refractivity contribution in [2.45, 2.75) is 25.5 Å². The van der Waals surface area contributed by atoms with E-state index in [0.29, 0.717) is 0 Å². The van der Waals surface area contributed by atoms with Crippen molar-refractivity contribution in [1.82, 2.24) is 9.78 Å². The second-order valence-corrected chi connectivity index (χ2v) is 3.74. The van der Waals surface area contributed by atoms with Gasteiger partial charge in [0, 0.05) is 12.8 Å². The average Bonchev–Trinajstić information content (AvgIpc) is 2.49. The van der Waals surface area contributed by atoms with Gasteiger partial charge in [-0.15, -0.1) is 0 Å². The average molecular weight is 232 g/mol. The minimum atomic E-state index is 0.0316. The molecule has 0 aliphatic carbocycles. The van der Waals surface area contributed by atoms with Crippen LogP contribution in [0.5, 0.6) is 0 Å². The van der Waals surface area contributed by atoms with Crippen LogP contribution in [0.2, 0.25) is 0 Å². The predicted molar refractivity (Wildman–Crippen MR) is 48.8 cm³/mol. The van der Waals surface area contributed by atoms with Gasteiger partial charge in [-0.25, -0.2) is 4.68 Å². The van der Waals surface area contributed by atoms with Crippen LogP contribution in [0.15, 0.2) is 16.8 Å². The Morgan fingerprint density at radius 2 is 2.67 bits per heavy atom. The van der Waals surface area contributed by atoms with Gasteiger partial charge in [0.05, 0.1) is 12.0 Å². The molecule has 0 aromatic carbocycles. The highest BCUT2D eigenvalue weighted by molar-refractivity contribution is 9.10. The van der Waals surface area contributed by atoms with Gasteiger partial charge in [0.2, 0.25) is 0 Å². The summed E-state index contributed by atoms with van der Waals surface area (Å²) in [5.41, 5.74) is 0. The highest BCUT2D eigenvalue weighted by Gasteiger charge is 2.15. The van der Waals surface area contributed by atoms with E-state index >= 15 is 0 Å². The first-order chi connectivity index (χ1) is 6.27. The summed E-state index contributed by atoms with van der Waals surface area (Å²) in [6, 6.07) is 0. The second-order valence-electron chi connectivity index (χ2n) is 2.89. The van der Waals surface area contributed by atoms with Crippen LogP contribution in [0.25, 0.3) is 0 Å². The standard InChI is InChI=1S/C8H11BrN2O/c9-7-5-10-11(6-7)8-3-1-2-4-12-8/h5-6,8H,1-4H2/i5D. The van der Waals surface area contributed by atoms with E-state index in [1.54, 1.807) is 10.9 Å². The molecule has 4 heteroatoms. The zero-order valence-electron chi connectivity index (χ0n) is 7.66. The van der Waals surface area contributed by atoms with Gasteiger partial charge in [-0.1, -0.05) is 0 Å². The zero-order valence-corrected chi connectivity index (χ0v) is 8.25. The number of aromatic nitrogens is 2. The SMILES string of the molecule is [2H]c1nn(C2CCCCO2)cc1Br. The van der Waals surface area contributed by atoms with Gasteiger partial charge >= 0.3 is 0 Å². The quantitative estimate of drug-likeness (QED) is 0.743. The molecule has 66 valence electrons. The fourth-order valence-corrected chi connectivity index (χ4v) is 1.65. The third kappa shape index (κ3) is 1.69. The Morgan fingerprint density at radius 1 is 1.75 bits per heavy atom. The predicted octanol–water partition coefficient (Wildman–Crippen LogP) is 2.34. The van der Waals surface area contributed by atoms with E-state index in [-0.39, 0.29) is 12.4 Å². The normalized spacial score (nSPS) is 25.4. The molecule has 3 nitrogen and oxygen atoms in total. The molecule has 1 aromatic heterocycles. The summed E-state index contributed by atoms with van der Waals surface area (Å²) in [6.45, 7) is 0.801. The third-order valence-electron chi connectivity index (χ3n) is 1.97. The summed E-state index contributed by atoms with van der Waals surface area (Å²) in [7, 11) is 0. The summed E-state index contributed by atoms with van der Waals surface area (Å²) in [6.07, 6.45) is 5.41. The van der Waals surface area contributed by atoms with Gasteiger partial charge in [0.25, 0.3) is 0 Å². The monoisotopic (exact) mass is 231 g/mol. The Kier molecular flexibility index (Phi) is 2.11. The van der Waals surface area contributed by atoms with Crippen LogP contribution in [0.4, 0.5) is 0 Å². The Balaban J connectivity index is 2.14. The topological polar surface area (TPSA) is 27.1 Å². The van der Waals surface area contributed by atoms with E-state index in [1.165, 1.54) is 6.42 Å². The Hall–Kier alpha value is -0.350. The number of rotatable bonds is 1. The second kappa shape index (κ2) is 3.58. The summed E-state index contributed by atoms with van der Waals surface area (Å²) in [5.74, 6) is 0. The first-order valence-electron chi connectivity index (χ1n) is 4.60. The summed E-state index contributed by atoms with van der Waals surface area (Å²) in [5, 5.41) is 4.05. The molecule has 0 N–H and O–H groups in total. The van der Waals surface area contributed by atoms with Crippen LogP contribution in [-0.4, -0.2) is 16.4 Å². The van der Waals surface area contributed by atoms with E-state index < -0.39 is 0 Å². The smallest absolute Gasteiger partial charge is 0.150 e. The van der Waals surface area contributed by atoms with E-state index in [9.17, 15) is 0 Å². The van der Waals surface area contributed by atoms with Crippen molar-refractivity contribution in [3.05, 3.63) is 16.8 Å². The molecule has 12 heavy (non-hydrogen) atoms. The lowest BCUT2D eigenvalue weighted by molar-refractivity contribution is -0.0395. The highest BCUT2D eigenvalue weighted by atomic mass is 79.9. The van der Waals surface area contributed by atoms with Gasteiger partial charge in [-0.3, -0.25) is 0 Å². The lowest BCUT2D eigenvalue weighted by Gasteiger charge is -2.22. The first kappa shape index (κ1) is 7.09. The van der Waals surface area contributed by atoms with Crippen molar-refractivity contribution in [1.29, 1.82) is 0 Å². The largest absolute Gasteiger partial charge is 0.357 e. The third-order valence-corrected chi connectivity index (χ3v) is 2.35. The fraction of sp³-hybridized carbons (Fsp3) is 0.625. The van der Waals surface area contributed by atoms with Gasteiger partial charge in [-0.05, 0) is 35.2 Å².